The predicted octanol–water partition coefficient (Wildman–Crippen LogP) is 3.77. The van der Waals surface area contributed by atoms with Crippen molar-refractivity contribution >= 4 is 5.69 Å². The Morgan fingerprint density at radius 2 is 2.00 bits per heavy atom. The van der Waals surface area contributed by atoms with Gasteiger partial charge in [0.15, 0.2) is 0 Å². The molecule has 3 heteroatoms. The molecule has 1 aromatic rings. The number of anilines is 1. The van der Waals surface area contributed by atoms with Gasteiger partial charge in [0.1, 0.15) is 0 Å². The van der Waals surface area contributed by atoms with Crippen molar-refractivity contribution in [3.63, 3.8) is 0 Å². The van der Waals surface area contributed by atoms with Crippen molar-refractivity contribution in [3.05, 3.63) is 29.3 Å². The van der Waals surface area contributed by atoms with Crippen LogP contribution in [-0.2, 0) is 0 Å². The van der Waals surface area contributed by atoms with Gasteiger partial charge in [0.2, 0.25) is 0 Å². The van der Waals surface area contributed by atoms with Crippen LogP contribution in [0.1, 0.15) is 62.7 Å². The van der Waals surface area contributed by atoms with Gasteiger partial charge in [-0.25, -0.2) is 0 Å². The quantitative estimate of drug-likeness (QED) is 0.899. The third-order valence-corrected chi connectivity index (χ3v) is 5.16. The number of benzene rings is 1. The van der Waals surface area contributed by atoms with Crippen LogP contribution in [0.15, 0.2) is 18.2 Å². The van der Waals surface area contributed by atoms with Gasteiger partial charge >= 0.3 is 0 Å². The van der Waals surface area contributed by atoms with Crippen LogP contribution in [0, 0.1) is 17.2 Å². The molecule has 1 aliphatic carbocycles. The molecule has 3 rings (SSSR count). The fourth-order valence-electron chi connectivity index (χ4n) is 4.14. The first-order valence-corrected chi connectivity index (χ1v) is 8.19. The fraction of sp³-hybridized carbons (Fsp3) is 0.611. The summed E-state index contributed by atoms with van der Waals surface area (Å²) in [6, 6.07) is 8.54. The predicted molar refractivity (Wildman–Crippen MR) is 84.1 cm³/mol. The molecule has 112 valence electrons. The Kier molecular flexibility index (Phi) is 4.17. The molecule has 0 bridgehead atoms. The summed E-state index contributed by atoms with van der Waals surface area (Å²) in [7, 11) is 0. The minimum Gasteiger partial charge on any atom is -0.389 e. The molecule has 1 aliphatic heterocycles. The number of nitrogens with zero attached hydrogens (tertiary/aromatic N) is 2. The molecular weight excluding hydrogens is 260 g/mol. The second-order valence-corrected chi connectivity index (χ2v) is 6.51. The van der Waals surface area contributed by atoms with Crippen molar-refractivity contribution in [3.8, 4) is 6.07 Å². The van der Waals surface area contributed by atoms with Crippen molar-refractivity contribution in [2.75, 3.05) is 11.4 Å². The summed E-state index contributed by atoms with van der Waals surface area (Å²) in [5, 5.41) is 19.3. The summed E-state index contributed by atoms with van der Waals surface area (Å²) < 4.78 is 0. The lowest BCUT2D eigenvalue weighted by atomic mass is 9.78. The zero-order chi connectivity index (χ0) is 14.8. The number of aliphatic hydroxyl groups excluding tert-OH is 1. The van der Waals surface area contributed by atoms with Gasteiger partial charge in [-0.2, -0.15) is 5.26 Å². The van der Waals surface area contributed by atoms with Gasteiger partial charge < -0.3 is 10.0 Å². The van der Waals surface area contributed by atoms with E-state index >= 15 is 0 Å². The highest BCUT2D eigenvalue weighted by Gasteiger charge is 2.34. The van der Waals surface area contributed by atoms with E-state index in [9.17, 15) is 10.4 Å². The summed E-state index contributed by atoms with van der Waals surface area (Å²) in [4.78, 5) is 2.48. The zero-order valence-electron chi connectivity index (χ0n) is 12.8. The van der Waals surface area contributed by atoms with E-state index in [0.29, 0.717) is 11.6 Å². The number of aliphatic hydroxyl groups is 1. The third kappa shape index (κ3) is 2.78. The average molecular weight is 284 g/mol. The van der Waals surface area contributed by atoms with Crippen LogP contribution < -0.4 is 4.90 Å². The maximum atomic E-state index is 10.1. The molecule has 21 heavy (non-hydrogen) atoms. The van der Waals surface area contributed by atoms with Crippen molar-refractivity contribution in [1.82, 2.24) is 0 Å². The molecule has 1 N–H and O–H groups in total. The van der Waals surface area contributed by atoms with Crippen LogP contribution in [0.3, 0.4) is 0 Å². The summed E-state index contributed by atoms with van der Waals surface area (Å²) in [5.74, 6) is 0.792. The molecule has 2 fully saturated rings. The molecule has 1 aromatic carbocycles. The minimum absolute atomic E-state index is 0.489. The normalized spacial score (nSPS) is 26.8. The van der Waals surface area contributed by atoms with E-state index in [-0.39, 0.29) is 0 Å². The molecule has 0 aromatic heterocycles. The largest absolute Gasteiger partial charge is 0.389 e. The first kappa shape index (κ1) is 14.4. The van der Waals surface area contributed by atoms with Crippen LogP contribution in [0.25, 0.3) is 0 Å². The maximum Gasteiger partial charge on any atom is 0.0992 e. The highest BCUT2D eigenvalue weighted by Crippen LogP contribution is 2.40. The molecule has 1 saturated carbocycles. The Balaban J connectivity index is 1.99. The van der Waals surface area contributed by atoms with Gasteiger partial charge in [0, 0.05) is 23.8 Å². The third-order valence-electron chi connectivity index (χ3n) is 5.16. The Hall–Kier alpha value is -1.53. The molecule has 0 unspecified atom stereocenters. The van der Waals surface area contributed by atoms with Gasteiger partial charge in [-0.3, -0.25) is 0 Å². The van der Waals surface area contributed by atoms with E-state index in [1.807, 2.05) is 25.1 Å². The Morgan fingerprint density at radius 3 is 2.76 bits per heavy atom. The van der Waals surface area contributed by atoms with E-state index < -0.39 is 6.10 Å². The second kappa shape index (κ2) is 6.07. The molecule has 3 nitrogen and oxygen atoms in total. The minimum atomic E-state index is -0.489. The van der Waals surface area contributed by atoms with E-state index in [1.165, 1.54) is 38.5 Å². The lowest BCUT2D eigenvalue weighted by molar-refractivity contribution is 0.197. The monoisotopic (exact) mass is 284 g/mol. The Labute approximate surface area is 127 Å². The number of piperidine rings is 1. The molecule has 2 aliphatic rings. The van der Waals surface area contributed by atoms with Crippen LogP contribution in [-0.4, -0.2) is 17.7 Å². The van der Waals surface area contributed by atoms with E-state index in [4.69, 9.17) is 0 Å². The number of rotatable bonds is 2. The lowest BCUT2D eigenvalue weighted by Gasteiger charge is -2.46. The molecule has 1 heterocycles. The average Bonchev–Trinajstić information content (AvgIpc) is 2.53. The molecule has 1 saturated heterocycles. The molecule has 0 spiro atoms. The summed E-state index contributed by atoms with van der Waals surface area (Å²) in [6.07, 6.45) is 7.32. The first-order chi connectivity index (χ1) is 10.2. The number of hydrogen-bond acceptors (Lipinski definition) is 3. The zero-order valence-corrected chi connectivity index (χ0v) is 12.8. The van der Waals surface area contributed by atoms with Crippen LogP contribution in [0.4, 0.5) is 5.69 Å². The summed E-state index contributed by atoms with van der Waals surface area (Å²) >= 11 is 0. The smallest absolute Gasteiger partial charge is 0.0992 e. The van der Waals surface area contributed by atoms with Crippen molar-refractivity contribution < 1.29 is 5.11 Å². The maximum absolute atomic E-state index is 10.1. The van der Waals surface area contributed by atoms with Gasteiger partial charge in [-0.1, -0.05) is 18.9 Å². The first-order valence-electron chi connectivity index (χ1n) is 8.19. The fourth-order valence-corrected chi connectivity index (χ4v) is 4.14. The molecule has 3 atom stereocenters. The number of fused-ring (bicyclic) bond motifs is 1. The van der Waals surface area contributed by atoms with E-state index in [2.05, 4.69) is 11.0 Å². The van der Waals surface area contributed by atoms with Gasteiger partial charge in [-0.15, -0.1) is 0 Å². The molecule has 0 radical (unpaired) electrons. The topological polar surface area (TPSA) is 47.3 Å². The van der Waals surface area contributed by atoms with Crippen LogP contribution in [0.2, 0.25) is 0 Å². The Bertz CT molecular complexity index is 545. The highest BCUT2D eigenvalue weighted by atomic mass is 16.3. The Morgan fingerprint density at radius 1 is 1.24 bits per heavy atom. The van der Waals surface area contributed by atoms with E-state index in [1.54, 1.807) is 0 Å². The lowest BCUT2D eigenvalue weighted by Crippen LogP contribution is -2.47. The molecule has 0 amide bonds. The molecular formula is C18H24N2O. The van der Waals surface area contributed by atoms with Crippen LogP contribution in [0.5, 0.6) is 0 Å². The number of nitriles is 1. The van der Waals surface area contributed by atoms with Gasteiger partial charge in [0.25, 0.3) is 0 Å². The number of hydrogen-bond donors (Lipinski definition) is 1. The van der Waals surface area contributed by atoms with Crippen LogP contribution >= 0.6 is 0 Å². The summed E-state index contributed by atoms with van der Waals surface area (Å²) in [6.45, 7) is 2.86. The standard InChI is InChI=1S/C18H24N2O/c1-13(21)16-9-8-14(12-19)11-18(16)20-10-4-6-15-5-2-3-7-17(15)20/h8-9,11,13,15,17,21H,2-7,10H2,1H3/t13-,15-,17-/m1/s1. The SMILES string of the molecule is C[C@@H](O)c1ccc(C#N)cc1N1CCC[C@H]2CCCC[C@H]21. The summed E-state index contributed by atoms with van der Waals surface area (Å²) in [5.41, 5.74) is 2.73. The highest BCUT2D eigenvalue weighted by molar-refractivity contribution is 5.59. The van der Waals surface area contributed by atoms with Crippen molar-refractivity contribution in [2.24, 2.45) is 5.92 Å². The second-order valence-electron chi connectivity index (χ2n) is 6.51. The van der Waals surface area contributed by atoms with Gasteiger partial charge in [-0.05, 0) is 50.7 Å². The van der Waals surface area contributed by atoms with Crippen molar-refractivity contribution in [1.29, 1.82) is 5.26 Å². The van der Waals surface area contributed by atoms with Crippen molar-refractivity contribution in [2.45, 2.75) is 57.6 Å². The van der Waals surface area contributed by atoms with E-state index in [0.717, 1.165) is 23.7 Å². The van der Waals surface area contributed by atoms with Gasteiger partial charge in [0.05, 0.1) is 17.7 Å².